The lowest BCUT2D eigenvalue weighted by atomic mass is 10.2. The van der Waals surface area contributed by atoms with Crippen molar-refractivity contribution in [1.82, 2.24) is 5.16 Å². The van der Waals surface area contributed by atoms with Crippen LogP contribution in [0.3, 0.4) is 0 Å². The monoisotopic (exact) mass is 234 g/mol. The van der Waals surface area contributed by atoms with Crippen molar-refractivity contribution < 1.29 is 4.52 Å². The summed E-state index contributed by atoms with van der Waals surface area (Å²) in [6.45, 7) is 3.93. The first-order valence-corrected chi connectivity index (χ1v) is 6.05. The number of rotatable bonds is 3. The van der Waals surface area contributed by atoms with Crippen molar-refractivity contribution in [2.24, 2.45) is 0 Å². The van der Waals surface area contributed by atoms with Crippen LogP contribution in [0.4, 0.5) is 5.69 Å². The number of nitrogens with two attached hydrogens (primary N) is 1. The molecule has 0 radical (unpaired) electrons. The third-order valence-electron chi connectivity index (χ3n) is 2.30. The summed E-state index contributed by atoms with van der Waals surface area (Å²) in [4.78, 5) is 1.20. The second-order valence-corrected chi connectivity index (χ2v) is 4.79. The molecule has 0 saturated heterocycles. The Balaban J connectivity index is 2.02. The molecule has 4 heteroatoms. The zero-order chi connectivity index (χ0) is 11.5. The van der Waals surface area contributed by atoms with Crippen LogP contribution in [-0.2, 0) is 5.75 Å². The minimum atomic E-state index is 0.796. The second kappa shape index (κ2) is 4.61. The van der Waals surface area contributed by atoms with E-state index in [1.54, 1.807) is 11.8 Å². The molecule has 84 valence electrons. The smallest absolute Gasteiger partial charge is 0.147 e. The molecule has 0 aliphatic rings. The van der Waals surface area contributed by atoms with Gasteiger partial charge in [-0.25, -0.2) is 0 Å². The van der Waals surface area contributed by atoms with Crippen molar-refractivity contribution in [3.05, 3.63) is 41.3 Å². The molecule has 16 heavy (non-hydrogen) atoms. The Bertz CT molecular complexity index is 494. The number of anilines is 1. The van der Waals surface area contributed by atoms with Crippen molar-refractivity contribution in [2.75, 3.05) is 5.73 Å². The van der Waals surface area contributed by atoms with Crippen molar-refractivity contribution >= 4 is 17.4 Å². The first-order valence-electron chi connectivity index (χ1n) is 5.06. The first kappa shape index (κ1) is 11.1. The van der Waals surface area contributed by atoms with Gasteiger partial charge in [0.1, 0.15) is 5.76 Å². The summed E-state index contributed by atoms with van der Waals surface area (Å²) in [5.74, 6) is 1.70. The fourth-order valence-corrected chi connectivity index (χ4v) is 2.25. The van der Waals surface area contributed by atoms with E-state index in [0.29, 0.717) is 0 Å². The van der Waals surface area contributed by atoms with E-state index in [-0.39, 0.29) is 0 Å². The van der Waals surface area contributed by atoms with Gasteiger partial charge in [-0.15, -0.1) is 11.8 Å². The Morgan fingerprint density at radius 3 is 2.75 bits per heavy atom. The van der Waals surface area contributed by atoms with Crippen LogP contribution in [0.15, 0.2) is 33.7 Å². The third-order valence-corrected chi connectivity index (χ3v) is 3.32. The predicted octanol–water partition coefficient (Wildman–Crippen LogP) is 3.17. The molecule has 1 heterocycles. The van der Waals surface area contributed by atoms with E-state index in [9.17, 15) is 0 Å². The molecule has 3 nitrogen and oxygen atoms in total. The lowest BCUT2D eigenvalue weighted by molar-refractivity contribution is 0.391. The van der Waals surface area contributed by atoms with Gasteiger partial charge in [-0.3, -0.25) is 0 Å². The maximum atomic E-state index is 5.76. The summed E-state index contributed by atoms with van der Waals surface area (Å²) in [6, 6.07) is 8.00. The topological polar surface area (TPSA) is 52.0 Å². The van der Waals surface area contributed by atoms with Gasteiger partial charge in [-0.1, -0.05) is 5.16 Å². The highest BCUT2D eigenvalue weighted by Crippen LogP contribution is 2.25. The SMILES string of the molecule is Cc1cc(CSc2ccc(N)c(C)c2)on1. The Morgan fingerprint density at radius 2 is 2.12 bits per heavy atom. The summed E-state index contributed by atoms with van der Waals surface area (Å²) in [6.07, 6.45) is 0. The van der Waals surface area contributed by atoms with Crippen molar-refractivity contribution in [2.45, 2.75) is 24.5 Å². The molecule has 0 bridgehead atoms. The highest BCUT2D eigenvalue weighted by molar-refractivity contribution is 7.98. The van der Waals surface area contributed by atoms with E-state index in [4.69, 9.17) is 10.3 Å². The summed E-state index contributed by atoms with van der Waals surface area (Å²) in [5, 5.41) is 3.85. The predicted molar refractivity (Wildman–Crippen MR) is 66.4 cm³/mol. The summed E-state index contributed by atoms with van der Waals surface area (Å²) in [7, 11) is 0. The molecule has 0 aliphatic carbocycles. The van der Waals surface area contributed by atoms with Crippen LogP contribution in [-0.4, -0.2) is 5.16 Å². The van der Waals surface area contributed by atoms with Crippen LogP contribution in [0.1, 0.15) is 17.0 Å². The fourth-order valence-electron chi connectivity index (χ4n) is 1.38. The van der Waals surface area contributed by atoms with Gasteiger partial charge in [0.2, 0.25) is 0 Å². The molecule has 2 rings (SSSR count). The van der Waals surface area contributed by atoms with Gasteiger partial charge in [-0.05, 0) is 37.6 Å². The highest BCUT2D eigenvalue weighted by Gasteiger charge is 2.03. The van der Waals surface area contributed by atoms with Gasteiger partial charge in [-0.2, -0.15) is 0 Å². The molecule has 0 spiro atoms. The number of aryl methyl sites for hydroxylation is 2. The van der Waals surface area contributed by atoms with Gasteiger partial charge in [0.05, 0.1) is 11.4 Å². The average Bonchev–Trinajstić information content (AvgIpc) is 2.66. The fraction of sp³-hybridized carbons (Fsp3) is 0.250. The van der Waals surface area contributed by atoms with Gasteiger partial charge in [0.15, 0.2) is 0 Å². The zero-order valence-electron chi connectivity index (χ0n) is 9.36. The van der Waals surface area contributed by atoms with Crippen molar-refractivity contribution in [3.8, 4) is 0 Å². The normalized spacial score (nSPS) is 10.6. The third kappa shape index (κ3) is 2.58. The van der Waals surface area contributed by atoms with E-state index in [2.05, 4.69) is 11.2 Å². The molecule has 0 aliphatic heterocycles. The van der Waals surface area contributed by atoms with Gasteiger partial charge in [0.25, 0.3) is 0 Å². The van der Waals surface area contributed by atoms with Crippen LogP contribution < -0.4 is 5.73 Å². The molecule has 1 aromatic carbocycles. The highest BCUT2D eigenvalue weighted by atomic mass is 32.2. The number of benzene rings is 1. The Labute approximate surface area is 99.0 Å². The Hall–Kier alpha value is -1.42. The molecule has 0 atom stereocenters. The number of thioether (sulfide) groups is 1. The number of nitrogen functional groups attached to an aromatic ring is 1. The minimum Gasteiger partial charge on any atom is -0.399 e. The van der Waals surface area contributed by atoms with Crippen LogP contribution in [0.25, 0.3) is 0 Å². The Morgan fingerprint density at radius 1 is 1.31 bits per heavy atom. The van der Waals surface area contributed by atoms with E-state index in [0.717, 1.165) is 28.5 Å². The van der Waals surface area contributed by atoms with Crippen LogP contribution in [0.5, 0.6) is 0 Å². The number of hydrogen-bond acceptors (Lipinski definition) is 4. The molecule has 0 fully saturated rings. The largest absolute Gasteiger partial charge is 0.399 e. The van der Waals surface area contributed by atoms with Gasteiger partial charge >= 0.3 is 0 Å². The van der Waals surface area contributed by atoms with Crippen LogP contribution in [0.2, 0.25) is 0 Å². The van der Waals surface area contributed by atoms with Crippen molar-refractivity contribution in [3.63, 3.8) is 0 Å². The number of aromatic nitrogens is 1. The number of hydrogen-bond donors (Lipinski definition) is 1. The standard InChI is InChI=1S/C12H14N2OS/c1-8-5-11(3-4-12(8)13)16-7-10-6-9(2)14-15-10/h3-6H,7,13H2,1-2H3. The molecule has 2 aromatic rings. The van der Waals surface area contributed by atoms with Crippen LogP contribution >= 0.6 is 11.8 Å². The second-order valence-electron chi connectivity index (χ2n) is 3.74. The summed E-state index contributed by atoms with van der Waals surface area (Å²) in [5.41, 5.74) is 8.63. The Kier molecular flexibility index (Phi) is 3.19. The quantitative estimate of drug-likeness (QED) is 0.654. The van der Waals surface area contributed by atoms with E-state index in [1.165, 1.54) is 4.90 Å². The maximum Gasteiger partial charge on any atom is 0.147 e. The first-order chi connectivity index (χ1) is 7.65. The van der Waals surface area contributed by atoms with Crippen LogP contribution in [0, 0.1) is 13.8 Å². The summed E-state index contributed by atoms with van der Waals surface area (Å²) < 4.78 is 5.14. The molecular formula is C12H14N2OS. The molecular weight excluding hydrogens is 220 g/mol. The maximum absolute atomic E-state index is 5.76. The van der Waals surface area contributed by atoms with E-state index >= 15 is 0 Å². The van der Waals surface area contributed by atoms with Crippen molar-refractivity contribution in [1.29, 1.82) is 0 Å². The van der Waals surface area contributed by atoms with Gasteiger partial charge in [0, 0.05) is 16.6 Å². The average molecular weight is 234 g/mol. The van der Waals surface area contributed by atoms with E-state index in [1.807, 2.05) is 32.0 Å². The lowest BCUT2D eigenvalue weighted by Crippen LogP contribution is -1.88. The van der Waals surface area contributed by atoms with Gasteiger partial charge < -0.3 is 10.3 Å². The minimum absolute atomic E-state index is 0.796. The van der Waals surface area contributed by atoms with E-state index < -0.39 is 0 Å². The summed E-state index contributed by atoms with van der Waals surface area (Å²) >= 11 is 1.72. The molecule has 1 aromatic heterocycles. The molecule has 0 amide bonds. The zero-order valence-corrected chi connectivity index (χ0v) is 10.2. The molecule has 0 saturated carbocycles. The molecule has 0 unspecified atom stereocenters. The molecule has 2 N–H and O–H groups in total. The number of nitrogens with zero attached hydrogens (tertiary/aromatic N) is 1. The lowest BCUT2D eigenvalue weighted by Gasteiger charge is -2.03.